The third-order valence-corrected chi connectivity index (χ3v) is 11.3. The fourth-order valence-corrected chi connectivity index (χ4v) is 8.63. The molecule has 3 aliphatic heterocycles. The summed E-state index contributed by atoms with van der Waals surface area (Å²) in [5.74, 6) is 1.36. The van der Waals surface area contributed by atoms with Crippen molar-refractivity contribution in [3.05, 3.63) is 57.6 Å². The van der Waals surface area contributed by atoms with E-state index in [0.29, 0.717) is 47.0 Å². The fraction of sp³-hybridized carbons (Fsp3) is 0.619. The third-order valence-electron chi connectivity index (χ3n) is 11.3. The maximum absolute atomic E-state index is 15.1. The average Bonchev–Trinajstić information content (AvgIpc) is 3.35. The van der Waals surface area contributed by atoms with Crippen molar-refractivity contribution in [2.75, 3.05) is 13.1 Å². The molecule has 9 heteroatoms. The number of aryl methyl sites for hydroxylation is 2. The van der Waals surface area contributed by atoms with Gasteiger partial charge in [0.05, 0.1) is 29.0 Å². The van der Waals surface area contributed by atoms with Crippen molar-refractivity contribution in [1.29, 1.82) is 10.8 Å². The predicted octanol–water partition coefficient (Wildman–Crippen LogP) is 8.59. The van der Waals surface area contributed by atoms with Crippen LogP contribution < -0.4 is 9.47 Å². The van der Waals surface area contributed by atoms with Crippen LogP contribution in [0.15, 0.2) is 24.3 Å². The lowest BCUT2D eigenvalue weighted by molar-refractivity contribution is -0.266. The second-order valence-electron chi connectivity index (χ2n) is 17.2. The van der Waals surface area contributed by atoms with Crippen LogP contribution in [0.1, 0.15) is 157 Å². The smallest absolute Gasteiger partial charge is 0.417 e. The minimum Gasteiger partial charge on any atom is -0.417 e. The van der Waals surface area contributed by atoms with Crippen molar-refractivity contribution >= 4 is 23.4 Å². The lowest BCUT2D eigenvalue weighted by Crippen LogP contribution is -2.69. The van der Waals surface area contributed by atoms with E-state index in [1.807, 2.05) is 19.1 Å². The normalized spacial score (nSPS) is 22.3. The Hall–Kier alpha value is -3.88. The molecule has 2 N–H and O–H groups in total. The van der Waals surface area contributed by atoms with Gasteiger partial charge >= 0.3 is 6.03 Å². The maximum Gasteiger partial charge on any atom is 0.440 e. The zero-order valence-electron chi connectivity index (χ0n) is 32.4. The largest absolute Gasteiger partial charge is 0.440 e. The number of nitrogens with one attached hydrogen (secondary N) is 2. The molecule has 2 fully saturated rings. The van der Waals surface area contributed by atoms with Crippen LogP contribution in [0.25, 0.3) is 0 Å². The maximum atomic E-state index is 15.1. The number of hydrogen-bond donors (Lipinski definition) is 2. The van der Waals surface area contributed by atoms with E-state index in [0.717, 1.165) is 86.7 Å². The topological polar surface area (TPSA) is 110 Å². The summed E-state index contributed by atoms with van der Waals surface area (Å²) in [6.07, 6.45) is 8.05. The van der Waals surface area contributed by atoms with Crippen LogP contribution in [0.4, 0.5) is 0 Å². The number of amidine groups is 1. The average molecular weight is 698 g/mol. The summed E-state index contributed by atoms with van der Waals surface area (Å²) in [6, 6.07) is 6.12. The Balaban J connectivity index is 1.46. The monoisotopic (exact) mass is 697 g/mol. The van der Waals surface area contributed by atoms with Crippen molar-refractivity contribution in [2.45, 2.75) is 155 Å². The first-order valence-corrected chi connectivity index (χ1v) is 19.3. The van der Waals surface area contributed by atoms with Crippen molar-refractivity contribution < 1.29 is 19.1 Å². The molecule has 0 bridgehead atoms. The van der Waals surface area contributed by atoms with E-state index in [1.165, 1.54) is 0 Å². The predicted molar refractivity (Wildman–Crippen MR) is 203 cm³/mol. The molecule has 0 aromatic heterocycles. The molecule has 2 aromatic carbocycles. The Labute approximate surface area is 305 Å². The molecule has 51 heavy (non-hydrogen) atoms. The molecule has 1 saturated carbocycles. The molecule has 4 aliphatic rings. The minimum atomic E-state index is -1.72. The third kappa shape index (κ3) is 6.54. The van der Waals surface area contributed by atoms with E-state index in [1.54, 1.807) is 9.80 Å². The van der Waals surface area contributed by atoms with Gasteiger partial charge in [0.2, 0.25) is 0 Å². The molecule has 3 unspecified atom stereocenters. The van der Waals surface area contributed by atoms with Gasteiger partial charge in [-0.25, -0.2) is 9.80 Å². The second kappa shape index (κ2) is 13.6. The Morgan fingerprint density at radius 2 is 1.20 bits per heavy atom. The lowest BCUT2D eigenvalue weighted by atomic mass is 9.82. The van der Waals surface area contributed by atoms with Crippen LogP contribution in [-0.2, 0) is 23.7 Å². The Morgan fingerprint density at radius 1 is 0.765 bits per heavy atom. The molecule has 6 rings (SSSR count). The zero-order chi connectivity index (χ0) is 37.0. The molecule has 1 saturated heterocycles. The first-order chi connectivity index (χ1) is 24.0. The first kappa shape index (κ1) is 36.9. The van der Waals surface area contributed by atoms with Crippen molar-refractivity contribution in [2.24, 2.45) is 0 Å². The molecule has 276 valence electrons. The van der Waals surface area contributed by atoms with Gasteiger partial charge in [-0.15, -0.1) is 0 Å². The summed E-state index contributed by atoms with van der Waals surface area (Å²) in [4.78, 5) is 35.7. The lowest BCUT2D eigenvalue weighted by Gasteiger charge is -2.49. The molecular formula is C42H59N5O4. The number of fused-ring (bicyclic) bond motifs is 5. The van der Waals surface area contributed by atoms with Gasteiger partial charge in [-0.2, -0.15) is 0 Å². The molecule has 1 spiro atoms. The number of nitrogens with zero attached hydrogens (tertiary/aromatic N) is 3. The van der Waals surface area contributed by atoms with Crippen molar-refractivity contribution in [1.82, 2.24) is 14.7 Å². The highest BCUT2D eigenvalue weighted by Gasteiger charge is 2.70. The zero-order valence-corrected chi connectivity index (χ0v) is 32.4. The number of carbonyl (C=O) groups is 2. The standard InChI is InChI=1S/C42H59N5O4/c1-10-45(11-2)35(44)21-15-18-28-23-30-37(32(25-28)41(7,8)9)51-42-46(33-19-12-13-20-34(33)47(42)39(30)49)38(48)29-22-27(17-14-16-26(3)43)24-31(36(29)50-42)40(4,5)6/h22-25,33-34,43-44H,10-21H2,1-9H3. The number of benzene rings is 2. The number of hydrogen-bond acceptors (Lipinski definition) is 6. The summed E-state index contributed by atoms with van der Waals surface area (Å²) in [5, 5.41) is 16.5. The van der Waals surface area contributed by atoms with Crippen LogP contribution in [0.3, 0.4) is 0 Å². The van der Waals surface area contributed by atoms with Gasteiger partial charge in [0, 0.05) is 36.3 Å². The Bertz CT molecular complexity index is 1730. The summed E-state index contributed by atoms with van der Waals surface area (Å²) < 4.78 is 14.3. The summed E-state index contributed by atoms with van der Waals surface area (Å²) in [6.45, 7) is 20.4. The van der Waals surface area contributed by atoms with Gasteiger partial charge < -0.3 is 19.8 Å². The Kier molecular flexibility index (Phi) is 9.83. The highest BCUT2D eigenvalue weighted by Crippen LogP contribution is 2.55. The van der Waals surface area contributed by atoms with Crippen molar-refractivity contribution in [3.63, 3.8) is 0 Å². The van der Waals surface area contributed by atoms with Gasteiger partial charge in [0.1, 0.15) is 11.5 Å². The summed E-state index contributed by atoms with van der Waals surface area (Å²) in [5.41, 5.74) is 4.96. The van der Waals surface area contributed by atoms with Crippen LogP contribution in [0, 0.1) is 10.8 Å². The minimum absolute atomic E-state index is 0.146. The van der Waals surface area contributed by atoms with E-state index in [2.05, 4.69) is 72.4 Å². The quantitative estimate of drug-likeness (QED) is 0.191. The van der Waals surface area contributed by atoms with Gasteiger partial charge in [-0.05, 0) is 99.8 Å². The summed E-state index contributed by atoms with van der Waals surface area (Å²) >= 11 is 0. The van der Waals surface area contributed by atoms with Gasteiger partial charge in [0.15, 0.2) is 0 Å². The van der Waals surface area contributed by atoms with Crippen LogP contribution in [-0.4, -0.2) is 69.3 Å². The highest BCUT2D eigenvalue weighted by atomic mass is 16.8. The van der Waals surface area contributed by atoms with Crippen LogP contribution >= 0.6 is 0 Å². The van der Waals surface area contributed by atoms with E-state index in [-0.39, 0.29) is 34.7 Å². The highest BCUT2D eigenvalue weighted by molar-refractivity contribution is 6.03. The molecule has 1 aliphatic carbocycles. The van der Waals surface area contributed by atoms with Crippen LogP contribution in [0.2, 0.25) is 0 Å². The number of amides is 2. The van der Waals surface area contributed by atoms with Gasteiger partial charge in [0.25, 0.3) is 11.8 Å². The van der Waals surface area contributed by atoms with Gasteiger partial charge in [-0.3, -0.25) is 15.0 Å². The molecule has 9 nitrogen and oxygen atoms in total. The number of ether oxygens (including phenoxy) is 2. The van der Waals surface area contributed by atoms with E-state index in [4.69, 9.17) is 20.3 Å². The van der Waals surface area contributed by atoms with E-state index < -0.39 is 6.03 Å². The fourth-order valence-electron chi connectivity index (χ4n) is 8.63. The van der Waals surface area contributed by atoms with E-state index in [9.17, 15) is 0 Å². The first-order valence-electron chi connectivity index (χ1n) is 19.3. The number of carbonyl (C=O) groups excluding carboxylic acids is 2. The summed E-state index contributed by atoms with van der Waals surface area (Å²) in [7, 11) is 0. The molecule has 3 atom stereocenters. The molecular weight excluding hydrogens is 638 g/mol. The molecule has 2 amide bonds. The van der Waals surface area contributed by atoms with Gasteiger partial charge in [-0.1, -0.05) is 66.5 Å². The molecule has 2 aromatic rings. The number of rotatable bonds is 10. The molecule has 3 heterocycles. The van der Waals surface area contributed by atoms with E-state index >= 15 is 9.59 Å². The van der Waals surface area contributed by atoms with Crippen molar-refractivity contribution in [3.8, 4) is 11.5 Å². The molecule has 0 radical (unpaired) electrons. The Morgan fingerprint density at radius 3 is 1.59 bits per heavy atom. The second-order valence-corrected chi connectivity index (χ2v) is 17.2. The SMILES string of the molecule is CCN(CC)C(=N)CCCc1cc2c(c(C(C)(C)C)c1)OC13Oc4c(cc(CCCC(C)=N)cc4C(C)(C)C)C(=O)N1C1CCCCC1N3C2=O. The van der Waals surface area contributed by atoms with Crippen LogP contribution in [0.5, 0.6) is 11.5 Å².